The highest BCUT2D eigenvalue weighted by molar-refractivity contribution is 7.86. The second-order valence-electron chi connectivity index (χ2n) is 27.5. The number of pyridine rings is 1. The molecule has 0 bridgehead atoms. The van der Waals surface area contributed by atoms with Crippen molar-refractivity contribution >= 4 is 301 Å². The SMILES string of the molecule is CN1CC23c4c5c6c7c8c9c(c%10c%11c2c2c4c4c%12c5c5c6c6c8c8c%13c9c9c%10c%10c%11c%11c2c2c4c4c%12c%12c5c5c6c8c6c8c%13c9c9c%10c%10c%11c2c2c4c4c%12c5c6c5c8c9c%10c2c45)C73C1c1ccc[n+](C)c1.O=S(=O)([O-])C(F)(F)F. The van der Waals surface area contributed by atoms with Crippen molar-refractivity contribution in [3.63, 3.8) is 0 Å². The second kappa shape index (κ2) is 7.59. The number of benzene rings is 18. The average molecular weight is 1020 g/mol. The van der Waals surface area contributed by atoms with Crippen LogP contribution in [0.4, 0.5) is 13.2 Å². The molecule has 0 radical (unpaired) electrons. The van der Waals surface area contributed by atoms with Gasteiger partial charge < -0.3 is 4.55 Å². The van der Waals surface area contributed by atoms with Crippen molar-refractivity contribution in [1.29, 1.82) is 0 Å². The van der Waals surface area contributed by atoms with E-state index < -0.39 is 15.6 Å². The Morgan fingerprint density at radius 3 is 0.823 bits per heavy atom. The first-order valence-electron chi connectivity index (χ1n) is 27.9. The van der Waals surface area contributed by atoms with Crippen LogP contribution in [0, 0.1) is 0 Å². The van der Waals surface area contributed by atoms with Gasteiger partial charge in [-0.15, -0.1) is 0 Å². The van der Waals surface area contributed by atoms with Crippen LogP contribution in [0.2, 0.25) is 0 Å². The zero-order valence-electron chi connectivity index (χ0n) is 40.3. The first kappa shape index (κ1) is 32.9. The van der Waals surface area contributed by atoms with Crippen LogP contribution < -0.4 is 4.57 Å². The molecule has 34 rings (SSSR count). The van der Waals surface area contributed by atoms with Gasteiger partial charge in [-0.1, -0.05) is 0 Å². The number of nitrogens with zero attached hydrogens (tertiary/aromatic N) is 2. The number of rotatable bonds is 1. The average Bonchev–Trinajstić information content (AvgIpc) is 1.40. The monoisotopic (exact) mass is 1020 g/mol. The van der Waals surface area contributed by atoms with Gasteiger partial charge in [-0.2, -0.15) is 13.2 Å². The fourth-order valence-electron chi connectivity index (χ4n) is 26.3. The Morgan fingerprint density at radius 1 is 0.418 bits per heavy atom. The number of aryl methyl sites for hydroxylation is 1. The third-order valence-corrected chi connectivity index (χ3v) is 27.0. The maximum atomic E-state index is 10.7. The van der Waals surface area contributed by atoms with Gasteiger partial charge in [0.1, 0.15) is 7.05 Å². The molecule has 1 saturated heterocycles. The largest absolute Gasteiger partial charge is 0.741 e. The normalized spacial score (nSPS) is 22.8. The minimum atomic E-state index is -6.09. The number of likely N-dealkylation sites (N-methyl/N-ethyl adjacent to an activating group) is 1. The summed E-state index contributed by atoms with van der Waals surface area (Å²) in [6.07, 6.45) is 4.83. The number of aromatic nitrogens is 1. The number of halogens is 3. The number of hydrogen-bond acceptors (Lipinski definition) is 4. The van der Waals surface area contributed by atoms with E-state index in [0.717, 1.165) is 6.54 Å². The first-order chi connectivity index (χ1) is 38.5. The summed E-state index contributed by atoms with van der Waals surface area (Å²) in [5, 5.41) is 90.5. The fraction of sp³-hybridized carbons (Fsp3) is 0.100. The molecule has 1 fully saturated rings. The van der Waals surface area contributed by atoms with Crippen molar-refractivity contribution in [2.45, 2.75) is 22.4 Å². The Hall–Kier alpha value is -8.73. The molecular weight excluding hydrogens is 1010 g/mol. The van der Waals surface area contributed by atoms with Gasteiger partial charge in [0.2, 0.25) is 0 Å². The Labute approximate surface area is 429 Å². The summed E-state index contributed by atoms with van der Waals surface area (Å²) in [6, 6.07) is 5.09. The lowest BCUT2D eigenvalue weighted by Crippen LogP contribution is -2.52. The van der Waals surface area contributed by atoms with Gasteiger partial charge in [-0.05, 0) is 326 Å². The van der Waals surface area contributed by atoms with E-state index in [1.54, 1.807) is 313 Å². The molecule has 9 heteroatoms. The van der Waals surface area contributed by atoms with E-state index in [-0.39, 0.29) is 16.9 Å². The zero-order chi connectivity index (χ0) is 49.3. The molecule has 28 aromatic carbocycles. The van der Waals surface area contributed by atoms with Crippen molar-refractivity contribution < 1.29 is 30.7 Å². The summed E-state index contributed by atoms with van der Waals surface area (Å²) in [5.74, 6) is 0. The van der Waals surface area contributed by atoms with E-state index in [1.165, 1.54) is 5.56 Å². The minimum absolute atomic E-state index is 0.172. The van der Waals surface area contributed by atoms with Crippen LogP contribution in [0.1, 0.15) is 33.9 Å². The van der Waals surface area contributed by atoms with Gasteiger partial charge in [-0.3, -0.25) is 4.90 Å². The minimum Gasteiger partial charge on any atom is -0.741 e. The van der Waals surface area contributed by atoms with E-state index >= 15 is 0 Å². The third-order valence-electron chi connectivity index (χ3n) is 26.5. The molecule has 79 heavy (non-hydrogen) atoms. The quantitative estimate of drug-likeness (QED) is 0.0711. The fourth-order valence-corrected chi connectivity index (χ4v) is 26.3. The molecule has 1 aromatic heterocycles. The summed E-state index contributed by atoms with van der Waals surface area (Å²) in [7, 11) is -1.24. The molecule has 5 aliphatic rings. The van der Waals surface area contributed by atoms with Crippen molar-refractivity contribution in [3.05, 3.63) is 52.3 Å². The predicted molar refractivity (Wildman–Crippen MR) is 313 cm³/mol. The van der Waals surface area contributed by atoms with Crippen LogP contribution in [0.15, 0.2) is 24.5 Å². The van der Waals surface area contributed by atoms with Gasteiger partial charge in [-0.25, -0.2) is 13.0 Å². The molecule has 1 aliphatic heterocycles. The maximum Gasteiger partial charge on any atom is 0.485 e. The van der Waals surface area contributed by atoms with Gasteiger partial charge in [0, 0.05) is 18.2 Å². The van der Waals surface area contributed by atoms with Crippen molar-refractivity contribution in [2.75, 3.05) is 13.6 Å². The molecule has 0 saturated carbocycles. The Kier molecular flexibility index (Phi) is 3.16. The van der Waals surface area contributed by atoms with Gasteiger partial charge in [0.25, 0.3) is 0 Å². The lowest BCUT2D eigenvalue weighted by atomic mass is 9.47. The van der Waals surface area contributed by atoms with Crippen LogP contribution in [-0.2, 0) is 28.0 Å². The molecule has 0 amide bonds. The smallest absolute Gasteiger partial charge is 0.485 e. The molecule has 2 heterocycles. The van der Waals surface area contributed by atoms with E-state index in [9.17, 15) is 13.2 Å². The molecule has 29 aromatic rings. The maximum absolute atomic E-state index is 10.7. The first-order valence-corrected chi connectivity index (χ1v) is 29.3. The van der Waals surface area contributed by atoms with E-state index in [4.69, 9.17) is 13.0 Å². The van der Waals surface area contributed by atoms with E-state index in [0.29, 0.717) is 0 Å². The lowest BCUT2D eigenvalue weighted by molar-refractivity contribution is -0.672. The summed E-state index contributed by atoms with van der Waals surface area (Å²) in [6.45, 7) is 1.05. The highest BCUT2D eigenvalue weighted by Gasteiger charge is 2.76. The van der Waals surface area contributed by atoms with E-state index in [2.05, 4.69) is 48.1 Å². The second-order valence-corrected chi connectivity index (χ2v) is 28.9. The number of likely N-dealkylation sites (tertiary alicyclic amines) is 1. The highest BCUT2D eigenvalue weighted by atomic mass is 32.2. The molecule has 1 unspecified atom stereocenters. The van der Waals surface area contributed by atoms with Gasteiger partial charge in [0.15, 0.2) is 22.5 Å². The molecular formula is C70H13F3N2O3S. The summed E-state index contributed by atoms with van der Waals surface area (Å²) < 4.78 is 61.3. The van der Waals surface area contributed by atoms with Crippen molar-refractivity contribution in [1.82, 2.24) is 4.90 Å². The predicted octanol–water partition coefficient (Wildman–Crippen LogP) is 16.9. The third kappa shape index (κ3) is 1.94. The summed E-state index contributed by atoms with van der Waals surface area (Å²) >= 11 is 0. The molecule has 2 spiro atoms. The molecule has 1 atom stereocenters. The highest BCUT2D eigenvalue weighted by Crippen LogP contribution is 2.87. The summed E-state index contributed by atoms with van der Waals surface area (Å²) in [5.41, 5.74) is 2.40. The van der Waals surface area contributed by atoms with Crippen LogP contribution in [0.25, 0.3) is 291 Å². The van der Waals surface area contributed by atoms with Gasteiger partial charge in [0.05, 0.1) is 16.9 Å². The van der Waals surface area contributed by atoms with Crippen LogP contribution in [0.5, 0.6) is 0 Å². The standard InChI is InChI=1S/C69H13N2.CHF3O3S/c1-70-5-3-4-8(6-70)67-69-65-59-53-43-31-23-15-11-9-10-13-17(15)25(31)35-29-21(13)22-14(10)18-16-12(9)20-19(11)27-33(23)41-47-37(27)38-28(20)34-24(16)32-26(18)36-30(22)40-39(29)51(45(35)53)61(65)62-52(40)46(36)54-44(32)50-42(34)48(38)56-55(47)63(57(59)49(41)43)68(69,7-71(67)2)64(56)58(50)60(54)66(62)69;2-1(3,4)8(5,6)7/h3-6,67H,7H2,1-2H3;(H,5,6,7)/q+1;/p-1. The summed E-state index contributed by atoms with van der Waals surface area (Å²) in [4.78, 5) is 2.94. The molecule has 348 valence electrons. The topological polar surface area (TPSA) is 64.3 Å². The number of alkyl halides is 3. The molecule has 5 nitrogen and oxygen atoms in total. The van der Waals surface area contributed by atoms with Crippen LogP contribution >= 0.6 is 0 Å². The Bertz CT molecular complexity index is 7690. The molecule has 0 N–H and O–H groups in total. The number of hydrogen-bond donors (Lipinski definition) is 0. The Morgan fingerprint density at radius 2 is 0.620 bits per heavy atom. The van der Waals surface area contributed by atoms with Gasteiger partial charge >= 0.3 is 5.51 Å². The molecule has 4 aliphatic carbocycles. The zero-order valence-corrected chi connectivity index (χ0v) is 41.1. The lowest BCUT2D eigenvalue weighted by Gasteiger charge is -2.52. The van der Waals surface area contributed by atoms with Crippen LogP contribution in [-0.4, -0.2) is 37.0 Å². The van der Waals surface area contributed by atoms with Crippen molar-refractivity contribution in [2.24, 2.45) is 7.05 Å². The van der Waals surface area contributed by atoms with Crippen molar-refractivity contribution in [3.8, 4) is 0 Å². The van der Waals surface area contributed by atoms with Crippen LogP contribution in [0.3, 0.4) is 0 Å². The van der Waals surface area contributed by atoms with E-state index in [1.807, 2.05) is 0 Å². The Balaban J connectivity index is 0.000000432.